The third-order valence-corrected chi connectivity index (χ3v) is 3.98. The number of nitrogens with zero attached hydrogens (tertiary/aromatic N) is 1. The molecule has 1 aliphatic rings. The number of carbonyl (C=O) groups excluding carboxylic acids is 2. The smallest absolute Gasteiger partial charge is 0.410 e. The normalized spacial score (nSPS) is 15.6. The van der Waals surface area contributed by atoms with Crippen molar-refractivity contribution in [3.63, 3.8) is 0 Å². The summed E-state index contributed by atoms with van der Waals surface area (Å²) in [5.41, 5.74) is 6.25. The maximum atomic E-state index is 12.4. The fourth-order valence-corrected chi connectivity index (χ4v) is 2.65. The van der Waals surface area contributed by atoms with E-state index in [1.807, 2.05) is 20.8 Å². The van der Waals surface area contributed by atoms with Crippen LogP contribution in [-0.4, -0.2) is 48.7 Å². The highest BCUT2D eigenvalue weighted by atomic mass is 16.6. The number of likely N-dealkylation sites (tertiary alicyclic amines) is 1. The summed E-state index contributed by atoms with van der Waals surface area (Å²) in [7, 11) is 1.51. The highest BCUT2D eigenvalue weighted by molar-refractivity contribution is 5.95. The monoisotopic (exact) mass is 349 g/mol. The molecular weight excluding hydrogens is 322 g/mol. The molecule has 1 fully saturated rings. The molecule has 0 radical (unpaired) electrons. The third kappa shape index (κ3) is 5.27. The van der Waals surface area contributed by atoms with Crippen molar-refractivity contribution in [3.8, 4) is 5.75 Å². The Labute approximate surface area is 148 Å². The molecule has 0 aliphatic carbocycles. The van der Waals surface area contributed by atoms with E-state index in [0.717, 1.165) is 0 Å². The number of hydrogen-bond donors (Lipinski definition) is 2. The predicted molar refractivity (Wildman–Crippen MR) is 95.7 cm³/mol. The van der Waals surface area contributed by atoms with Crippen LogP contribution in [0.25, 0.3) is 0 Å². The second kappa shape index (κ2) is 7.63. The SMILES string of the molecule is COc1cc(C(=O)NC2CCN(C(=O)OC(C)(C)C)CC2)ccc1N. The highest BCUT2D eigenvalue weighted by Crippen LogP contribution is 2.22. The first-order chi connectivity index (χ1) is 11.7. The van der Waals surface area contributed by atoms with Crippen molar-refractivity contribution in [3.05, 3.63) is 23.8 Å². The number of anilines is 1. The van der Waals surface area contributed by atoms with Gasteiger partial charge in [0.2, 0.25) is 0 Å². The van der Waals surface area contributed by atoms with Gasteiger partial charge < -0.3 is 25.4 Å². The summed E-state index contributed by atoms with van der Waals surface area (Å²) >= 11 is 0. The number of ether oxygens (including phenoxy) is 2. The summed E-state index contributed by atoms with van der Waals surface area (Å²) in [6.07, 6.45) is 1.08. The molecule has 0 atom stereocenters. The van der Waals surface area contributed by atoms with Crippen molar-refractivity contribution >= 4 is 17.7 Å². The van der Waals surface area contributed by atoms with Gasteiger partial charge in [0.15, 0.2) is 0 Å². The Bertz CT molecular complexity index is 632. The van der Waals surface area contributed by atoms with E-state index >= 15 is 0 Å². The van der Waals surface area contributed by atoms with Crippen molar-refractivity contribution in [2.24, 2.45) is 0 Å². The van der Waals surface area contributed by atoms with E-state index in [1.165, 1.54) is 7.11 Å². The zero-order chi connectivity index (χ0) is 18.6. The van der Waals surface area contributed by atoms with E-state index in [-0.39, 0.29) is 18.0 Å². The van der Waals surface area contributed by atoms with Crippen molar-refractivity contribution in [1.29, 1.82) is 0 Å². The number of carbonyl (C=O) groups is 2. The summed E-state index contributed by atoms with van der Waals surface area (Å²) in [4.78, 5) is 26.1. The van der Waals surface area contributed by atoms with Crippen LogP contribution in [0.15, 0.2) is 18.2 Å². The molecule has 1 saturated heterocycles. The molecule has 0 bridgehead atoms. The Morgan fingerprint density at radius 3 is 2.44 bits per heavy atom. The maximum Gasteiger partial charge on any atom is 0.410 e. The van der Waals surface area contributed by atoms with E-state index in [0.29, 0.717) is 42.9 Å². The van der Waals surface area contributed by atoms with Gasteiger partial charge in [0.05, 0.1) is 12.8 Å². The Morgan fingerprint density at radius 1 is 1.24 bits per heavy atom. The molecule has 2 amide bonds. The fourth-order valence-electron chi connectivity index (χ4n) is 2.65. The minimum atomic E-state index is -0.504. The van der Waals surface area contributed by atoms with Crippen molar-refractivity contribution in [2.45, 2.75) is 45.3 Å². The first kappa shape index (κ1) is 18.9. The van der Waals surface area contributed by atoms with Gasteiger partial charge >= 0.3 is 6.09 Å². The molecule has 25 heavy (non-hydrogen) atoms. The molecule has 0 spiro atoms. The lowest BCUT2D eigenvalue weighted by Gasteiger charge is -2.33. The minimum Gasteiger partial charge on any atom is -0.495 e. The summed E-state index contributed by atoms with van der Waals surface area (Å²) in [6, 6.07) is 4.97. The molecule has 7 heteroatoms. The van der Waals surface area contributed by atoms with Crippen LogP contribution in [-0.2, 0) is 4.74 Å². The van der Waals surface area contributed by atoms with Gasteiger partial charge in [0, 0.05) is 24.7 Å². The number of methoxy groups -OCH3 is 1. The van der Waals surface area contributed by atoms with E-state index in [4.69, 9.17) is 15.2 Å². The summed E-state index contributed by atoms with van der Waals surface area (Å²) in [5, 5.41) is 3.00. The molecule has 2 rings (SSSR count). The van der Waals surface area contributed by atoms with Crippen LogP contribution in [0.3, 0.4) is 0 Å². The van der Waals surface area contributed by atoms with Gasteiger partial charge in [-0.15, -0.1) is 0 Å². The number of rotatable bonds is 3. The van der Waals surface area contributed by atoms with Gasteiger partial charge in [-0.2, -0.15) is 0 Å². The number of nitrogens with one attached hydrogen (secondary N) is 1. The molecule has 1 aromatic rings. The lowest BCUT2D eigenvalue weighted by molar-refractivity contribution is 0.0199. The van der Waals surface area contributed by atoms with Gasteiger partial charge in [0.1, 0.15) is 11.4 Å². The van der Waals surface area contributed by atoms with E-state index in [9.17, 15) is 9.59 Å². The molecule has 1 heterocycles. The van der Waals surface area contributed by atoms with Crippen LogP contribution in [0.1, 0.15) is 44.0 Å². The second-order valence-electron chi connectivity index (χ2n) is 7.17. The molecule has 1 aromatic carbocycles. The molecule has 7 nitrogen and oxygen atoms in total. The highest BCUT2D eigenvalue weighted by Gasteiger charge is 2.27. The van der Waals surface area contributed by atoms with E-state index < -0.39 is 5.60 Å². The standard InChI is InChI=1S/C18H27N3O4/c1-18(2,3)25-17(23)21-9-7-13(8-10-21)20-16(22)12-5-6-14(19)15(11-12)24-4/h5-6,11,13H,7-10,19H2,1-4H3,(H,20,22). The third-order valence-electron chi connectivity index (χ3n) is 3.98. The van der Waals surface area contributed by atoms with Gasteiger partial charge in [-0.05, 0) is 51.8 Å². The van der Waals surface area contributed by atoms with Gasteiger partial charge in [0.25, 0.3) is 5.91 Å². The summed E-state index contributed by atoms with van der Waals surface area (Å²) < 4.78 is 10.5. The van der Waals surface area contributed by atoms with Crippen molar-refractivity contribution in [1.82, 2.24) is 10.2 Å². The number of nitrogen functional groups attached to an aromatic ring is 1. The lowest BCUT2D eigenvalue weighted by Crippen LogP contribution is -2.47. The van der Waals surface area contributed by atoms with Gasteiger partial charge in [-0.3, -0.25) is 4.79 Å². The van der Waals surface area contributed by atoms with E-state index in [1.54, 1.807) is 23.1 Å². The van der Waals surface area contributed by atoms with Crippen LogP contribution in [0.4, 0.5) is 10.5 Å². The van der Waals surface area contributed by atoms with Crippen LogP contribution in [0, 0.1) is 0 Å². The van der Waals surface area contributed by atoms with Crippen molar-refractivity contribution in [2.75, 3.05) is 25.9 Å². The van der Waals surface area contributed by atoms with Gasteiger partial charge in [-0.25, -0.2) is 4.79 Å². The summed E-state index contributed by atoms with van der Waals surface area (Å²) in [5.74, 6) is 0.307. The minimum absolute atomic E-state index is 0.0229. The molecule has 0 unspecified atom stereocenters. The Balaban J connectivity index is 1.87. The average Bonchev–Trinajstić information content (AvgIpc) is 2.54. The molecule has 1 aliphatic heterocycles. The maximum absolute atomic E-state index is 12.4. The molecule has 3 N–H and O–H groups in total. The second-order valence-corrected chi connectivity index (χ2v) is 7.17. The molecule has 138 valence electrons. The fraction of sp³-hybridized carbons (Fsp3) is 0.556. The van der Waals surface area contributed by atoms with Crippen LogP contribution in [0.2, 0.25) is 0 Å². The average molecular weight is 349 g/mol. The molecule has 0 saturated carbocycles. The number of piperidine rings is 1. The van der Waals surface area contributed by atoms with Crippen LogP contribution < -0.4 is 15.8 Å². The number of hydrogen-bond acceptors (Lipinski definition) is 5. The largest absolute Gasteiger partial charge is 0.495 e. The topological polar surface area (TPSA) is 93.9 Å². The zero-order valence-corrected chi connectivity index (χ0v) is 15.3. The summed E-state index contributed by atoms with van der Waals surface area (Å²) in [6.45, 7) is 6.66. The van der Waals surface area contributed by atoms with Crippen molar-refractivity contribution < 1.29 is 19.1 Å². The van der Waals surface area contributed by atoms with Gasteiger partial charge in [-0.1, -0.05) is 0 Å². The number of nitrogens with two attached hydrogens (primary N) is 1. The quantitative estimate of drug-likeness (QED) is 0.817. The first-order valence-electron chi connectivity index (χ1n) is 8.42. The first-order valence-corrected chi connectivity index (χ1v) is 8.42. The van der Waals surface area contributed by atoms with E-state index in [2.05, 4.69) is 5.32 Å². The Morgan fingerprint density at radius 2 is 1.88 bits per heavy atom. The Kier molecular flexibility index (Phi) is 5.77. The molecule has 0 aromatic heterocycles. The predicted octanol–water partition coefficient (Wildman–Crippen LogP) is 2.41. The van der Waals surface area contributed by atoms with Crippen LogP contribution >= 0.6 is 0 Å². The Hall–Kier alpha value is -2.44. The lowest BCUT2D eigenvalue weighted by atomic mass is 10.0. The zero-order valence-electron chi connectivity index (χ0n) is 15.3. The van der Waals surface area contributed by atoms with Crippen LogP contribution in [0.5, 0.6) is 5.75 Å². The number of benzene rings is 1. The number of amides is 2. The molecular formula is C18H27N3O4.